The second-order valence-corrected chi connectivity index (χ2v) is 7.04. The Hall–Kier alpha value is -2.38. The quantitative estimate of drug-likeness (QED) is 0.649. The maximum absolute atomic E-state index is 12.3. The number of benzene rings is 1. The van der Waals surface area contributed by atoms with Crippen LogP contribution in [0.3, 0.4) is 0 Å². The number of morpholine rings is 1. The number of ether oxygens (including phenoxy) is 3. The van der Waals surface area contributed by atoms with Gasteiger partial charge in [-0.25, -0.2) is 9.48 Å². The van der Waals surface area contributed by atoms with Crippen molar-refractivity contribution in [3.63, 3.8) is 0 Å². The van der Waals surface area contributed by atoms with Gasteiger partial charge < -0.3 is 14.2 Å². The topological polar surface area (TPSA) is 65.8 Å². The number of aromatic nitrogens is 2. The molecule has 0 radical (unpaired) electrons. The van der Waals surface area contributed by atoms with Crippen LogP contribution >= 0.6 is 0 Å². The summed E-state index contributed by atoms with van der Waals surface area (Å²) in [6.45, 7) is 10.9. The largest absolute Gasteiger partial charge is 0.476 e. The number of hydrogen-bond donors (Lipinski definition) is 0. The molecule has 0 N–H and O–H groups in total. The van der Waals surface area contributed by atoms with E-state index in [1.807, 2.05) is 12.1 Å². The smallest absolute Gasteiger partial charge is 0.345 e. The lowest BCUT2D eigenvalue weighted by molar-refractivity contribution is 0.0316. The number of rotatable bonds is 8. The molecule has 2 aromatic rings. The van der Waals surface area contributed by atoms with E-state index in [2.05, 4.69) is 36.0 Å². The normalized spacial score (nSPS) is 15.0. The van der Waals surface area contributed by atoms with Crippen molar-refractivity contribution >= 4 is 5.97 Å². The van der Waals surface area contributed by atoms with E-state index >= 15 is 0 Å². The van der Waals surface area contributed by atoms with Gasteiger partial charge >= 0.3 is 5.97 Å². The van der Waals surface area contributed by atoms with E-state index in [1.54, 1.807) is 11.6 Å². The maximum Gasteiger partial charge on any atom is 0.345 e. The van der Waals surface area contributed by atoms with E-state index in [1.165, 1.54) is 11.8 Å². The molecule has 0 amide bonds. The Morgan fingerprint density at radius 1 is 1.21 bits per heavy atom. The highest BCUT2D eigenvalue weighted by Gasteiger charge is 2.22. The molecular formula is C21H29N3O4. The first-order valence-corrected chi connectivity index (χ1v) is 9.88. The summed E-state index contributed by atoms with van der Waals surface area (Å²) >= 11 is 0. The first kappa shape index (κ1) is 20.4. The van der Waals surface area contributed by atoms with Gasteiger partial charge in [0.2, 0.25) is 5.88 Å². The average molecular weight is 387 g/mol. The van der Waals surface area contributed by atoms with Gasteiger partial charge in [0.05, 0.1) is 31.7 Å². The minimum absolute atomic E-state index is 0.306. The molecule has 0 spiro atoms. The molecule has 1 fully saturated rings. The molecule has 1 aromatic carbocycles. The Morgan fingerprint density at radius 2 is 1.93 bits per heavy atom. The first-order chi connectivity index (χ1) is 13.6. The van der Waals surface area contributed by atoms with Crippen LogP contribution in [0.1, 0.15) is 42.6 Å². The second-order valence-electron chi connectivity index (χ2n) is 7.04. The number of hydrogen-bond acceptors (Lipinski definition) is 6. The van der Waals surface area contributed by atoms with Crippen LogP contribution in [0.25, 0.3) is 5.69 Å². The molecule has 28 heavy (non-hydrogen) atoms. The summed E-state index contributed by atoms with van der Waals surface area (Å²) in [4.78, 5) is 14.6. The highest BCUT2D eigenvalue weighted by atomic mass is 16.5. The molecule has 3 rings (SSSR count). The van der Waals surface area contributed by atoms with E-state index in [0.717, 1.165) is 38.5 Å². The molecule has 0 saturated carbocycles. The number of esters is 1. The Morgan fingerprint density at radius 3 is 2.57 bits per heavy atom. The minimum atomic E-state index is -0.422. The fraction of sp³-hybridized carbons (Fsp3) is 0.524. The lowest BCUT2D eigenvalue weighted by atomic mass is 10.0. The molecule has 2 heterocycles. The standard InChI is InChI=1S/C21H29N3O4/c1-4-27-21(25)19-15-22-24(18-7-5-17(6-8-18)16(2)3)20(19)28-14-11-23-9-12-26-13-10-23/h5-8,15-16H,4,9-14H2,1-3H3. The zero-order chi connectivity index (χ0) is 19.9. The summed E-state index contributed by atoms with van der Waals surface area (Å²) in [5, 5.41) is 4.39. The van der Waals surface area contributed by atoms with Crippen molar-refractivity contribution in [2.24, 2.45) is 0 Å². The zero-order valence-electron chi connectivity index (χ0n) is 16.9. The van der Waals surface area contributed by atoms with Gasteiger partial charge in [-0.3, -0.25) is 4.90 Å². The van der Waals surface area contributed by atoms with Gasteiger partial charge in [-0.2, -0.15) is 5.10 Å². The van der Waals surface area contributed by atoms with E-state index in [9.17, 15) is 4.79 Å². The van der Waals surface area contributed by atoms with Gasteiger partial charge in [-0.15, -0.1) is 0 Å². The minimum Gasteiger partial charge on any atom is -0.476 e. The molecule has 0 atom stereocenters. The summed E-state index contributed by atoms with van der Waals surface area (Å²) in [6, 6.07) is 8.13. The number of nitrogens with zero attached hydrogens (tertiary/aromatic N) is 3. The lowest BCUT2D eigenvalue weighted by Gasteiger charge is -2.26. The van der Waals surface area contributed by atoms with Gasteiger partial charge in [0.1, 0.15) is 12.2 Å². The Balaban J connectivity index is 1.79. The molecule has 7 nitrogen and oxygen atoms in total. The lowest BCUT2D eigenvalue weighted by Crippen LogP contribution is -2.38. The molecule has 0 bridgehead atoms. The van der Waals surface area contributed by atoms with Crippen LogP contribution in [-0.2, 0) is 9.47 Å². The third-order valence-corrected chi connectivity index (χ3v) is 4.77. The van der Waals surface area contributed by atoms with E-state index in [0.29, 0.717) is 30.6 Å². The number of carbonyl (C=O) groups is 1. The molecule has 0 unspecified atom stereocenters. The van der Waals surface area contributed by atoms with Gasteiger partial charge in [-0.1, -0.05) is 26.0 Å². The molecule has 152 valence electrons. The van der Waals surface area contributed by atoms with Crippen molar-refractivity contribution in [1.82, 2.24) is 14.7 Å². The molecule has 0 aliphatic carbocycles. The van der Waals surface area contributed by atoms with Crippen LogP contribution in [0.5, 0.6) is 5.88 Å². The van der Waals surface area contributed by atoms with Crippen molar-refractivity contribution < 1.29 is 19.0 Å². The summed E-state index contributed by atoms with van der Waals surface area (Å²) in [5.41, 5.74) is 2.44. The maximum atomic E-state index is 12.3. The van der Waals surface area contributed by atoms with Crippen LogP contribution in [-0.4, -0.2) is 66.7 Å². The fourth-order valence-electron chi connectivity index (χ4n) is 3.11. The summed E-state index contributed by atoms with van der Waals surface area (Å²) in [6.07, 6.45) is 1.51. The van der Waals surface area contributed by atoms with Crippen molar-refractivity contribution in [3.8, 4) is 11.6 Å². The highest BCUT2D eigenvalue weighted by molar-refractivity contribution is 5.91. The van der Waals surface area contributed by atoms with Gasteiger partial charge in [0, 0.05) is 19.6 Å². The Bertz CT molecular complexity index is 764. The summed E-state index contributed by atoms with van der Waals surface area (Å²) in [5.74, 6) is 0.448. The van der Waals surface area contributed by atoms with Gasteiger partial charge in [0.15, 0.2) is 0 Å². The van der Waals surface area contributed by atoms with Gasteiger partial charge in [0.25, 0.3) is 0 Å². The Kier molecular flexibility index (Phi) is 7.06. The summed E-state index contributed by atoms with van der Waals surface area (Å²) < 4.78 is 18.2. The summed E-state index contributed by atoms with van der Waals surface area (Å²) in [7, 11) is 0. The van der Waals surface area contributed by atoms with Crippen molar-refractivity contribution in [2.75, 3.05) is 46.1 Å². The SMILES string of the molecule is CCOC(=O)c1cnn(-c2ccc(C(C)C)cc2)c1OCCN1CCOCC1. The fourth-order valence-corrected chi connectivity index (χ4v) is 3.11. The molecule has 1 saturated heterocycles. The third-order valence-electron chi connectivity index (χ3n) is 4.77. The van der Waals surface area contributed by atoms with Crippen LogP contribution in [0.15, 0.2) is 30.5 Å². The van der Waals surface area contributed by atoms with Gasteiger partial charge in [-0.05, 0) is 30.5 Å². The van der Waals surface area contributed by atoms with Crippen LogP contribution < -0.4 is 4.74 Å². The van der Waals surface area contributed by atoms with Crippen LogP contribution in [0.4, 0.5) is 0 Å². The van der Waals surface area contributed by atoms with Crippen molar-refractivity contribution in [3.05, 3.63) is 41.6 Å². The predicted molar refractivity (Wildman–Crippen MR) is 106 cm³/mol. The monoisotopic (exact) mass is 387 g/mol. The Labute approximate surface area is 166 Å². The predicted octanol–water partition coefficient (Wildman–Crippen LogP) is 2.88. The molecular weight excluding hydrogens is 358 g/mol. The third kappa shape index (κ3) is 4.91. The molecule has 1 aliphatic rings. The van der Waals surface area contributed by atoms with Crippen LogP contribution in [0.2, 0.25) is 0 Å². The van der Waals surface area contributed by atoms with Crippen molar-refractivity contribution in [1.29, 1.82) is 0 Å². The van der Waals surface area contributed by atoms with Crippen molar-refractivity contribution in [2.45, 2.75) is 26.7 Å². The zero-order valence-corrected chi connectivity index (χ0v) is 16.9. The average Bonchev–Trinajstić information content (AvgIpc) is 3.13. The molecule has 7 heteroatoms. The molecule has 1 aliphatic heterocycles. The van der Waals surface area contributed by atoms with E-state index in [-0.39, 0.29) is 0 Å². The first-order valence-electron chi connectivity index (χ1n) is 9.88. The molecule has 1 aromatic heterocycles. The van der Waals surface area contributed by atoms with Crippen LogP contribution in [0, 0.1) is 0 Å². The van der Waals surface area contributed by atoms with E-state index < -0.39 is 5.97 Å². The highest BCUT2D eigenvalue weighted by Crippen LogP contribution is 2.25. The number of carbonyl (C=O) groups excluding carboxylic acids is 1. The second kappa shape index (κ2) is 9.71. The van der Waals surface area contributed by atoms with E-state index in [4.69, 9.17) is 14.2 Å².